The zero-order chi connectivity index (χ0) is 15.3. The van der Waals surface area contributed by atoms with E-state index < -0.39 is 0 Å². The van der Waals surface area contributed by atoms with Gasteiger partial charge in [-0.25, -0.2) is 0 Å². The van der Waals surface area contributed by atoms with Gasteiger partial charge in [-0.05, 0) is 36.3 Å². The van der Waals surface area contributed by atoms with Gasteiger partial charge in [-0.3, -0.25) is 9.59 Å². The molecule has 4 rings (SSSR count). The molecule has 0 spiro atoms. The second-order valence-corrected chi connectivity index (χ2v) is 6.47. The van der Waals surface area contributed by atoms with Gasteiger partial charge in [-0.15, -0.1) is 0 Å². The van der Waals surface area contributed by atoms with Crippen LogP contribution in [0.15, 0.2) is 36.4 Å². The fourth-order valence-corrected chi connectivity index (χ4v) is 4.22. The Morgan fingerprint density at radius 2 is 2.00 bits per heavy atom. The van der Waals surface area contributed by atoms with E-state index in [9.17, 15) is 9.59 Å². The molecule has 22 heavy (non-hydrogen) atoms. The van der Waals surface area contributed by atoms with Gasteiger partial charge in [0.1, 0.15) is 5.92 Å². The summed E-state index contributed by atoms with van der Waals surface area (Å²) in [5, 5.41) is 0. The second kappa shape index (κ2) is 4.97. The first-order chi connectivity index (χ1) is 10.7. The molecule has 4 nitrogen and oxygen atoms in total. The van der Waals surface area contributed by atoms with Gasteiger partial charge in [0.15, 0.2) is 0 Å². The Labute approximate surface area is 129 Å². The molecule has 0 aromatic heterocycles. The Bertz CT molecular complexity index is 666. The van der Waals surface area contributed by atoms with Gasteiger partial charge in [0, 0.05) is 18.2 Å². The predicted octanol–water partition coefficient (Wildman–Crippen LogP) is 2.50. The molecule has 4 atom stereocenters. The lowest BCUT2D eigenvalue weighted by Crippen LogP contribution is -2.37. The van der Waals surface area contributed by atoms with Crippen molar-refractivity contribution in [1.82, 2.24) is 0 Å². The van der Waals surface area contributed by atoms with Crippen molar-refractivity contribution in [2.24, 2.45) is 17.8 Å². The minimum atomic E-state index is -0.362. The van der Waals surface area contributed by atoms with Crippen molar-refractivity contribution in [3.63, 3.8) is 0 Å². The number of methoxy groups -OCH3 is 1. The number of esters is 1. The third-order valence-corrected chi connectivity index (χ3v) is 5.32. The summed E-state index contributed by atoms with van der Waals surface area (Å²) >= 11 is 0. The highest BCUT2D eigenvalue weighted by molar-refractivity contribution is 6.00. The van der Waals surface area contributed by atoms with E-state index in [1.54, 1.807) is 4.90 Å². The van der Waals surface area contributed by atoms with E-state index in [4.69, 9.17) is 4.74 Å². The summed E-state index contributed by atoms with van der Waals surface area (Å²) < 4.78 is 4.91. The number of amides is 1. The number of rotatable bonds is 2. The molecule has 114 valence electrons. The third-order valence-electron chi connectivity index (χ3n) is 5.32. The Morgan fingerprint density at radius 1 is 1.18 bits per heavy atom. The fraction of sp³-hybridized carbons (Fsp3) is 0.444. The number of carbonyl (C=O) groups excluding carboxylic acids is 2. The van der Waals surface area contributed by atoms with Crippen molar-refractivity contribution in [1.29, 1.82) is 0 Å². The number of para-hydroxylation sites is 1. The quantitative estimate of drug-likeness (QED) is 0.622. The Kier molecular flexibility index (Phi) is 3.06. The molecular weight excluding hydrogens is 278 g/mol. The second-order valence-electron chi connectivity index (χ2n) is 6.47. The van der Waals surface area contributed by atoms with Crippen molar-refractivity contribution in [2.45, 2.75) is 18.8 Å². The predicted molar refractivity (Wildman–Crippen MR) is 82.4 cm³/mol. The van der Waals surface area contributed by atoms with E-state index in [0.717, 1.165) is 24.1 Å². The first-order valence-electron chi connectivity index (χ1n) is 7.85. The number of benzene rings is 1. The van der Waals surface area contributed by atoms with Gasteiger partial charge in [-0.2, -0.15) is 0 Å². The lowest BCUT2D eigenvalue weighted by Gasteiger charge is -2.25. The highest BCUT2D eigenvalue weighted by Crippen LogP contribution is 2.46. The smallest absolute Gasteiger partial charge is 0.315 e. The summed E-state index contributed by atoms with van der Waals surface area (Å²) in [5.74, 6) is 0.542. The lowest BCUT2D eigenvalue weighted by atomic mass is 9.92. The van der Waals surface area contributed by atoms with Gasteiger partial charge < -0.3 is 9.64 Å². The average molecular weight is 297 g/mol. The van der Waals surface area contributed by atoms with E-state index in [2.05, 4.69) is 12.2 Å². The molecule has 1 heterocycles. The number of ether oxygens (including phenoxy) is 1. The van der Waals surface area contributed by atoms with Crippen LogP contribution in [0.2, 0.25) is 0 Å². The molecule has 0 unspecified atom stereocenters. The largest absolute Gasteiger partial charge is 0.468 e. The van der Waals surface area contributed by atoms with Crippen LogP contribution in [0.25, 0.3) is 0 Å². The minimum Gasteiger partial charge on any atom is -0.468 e. The average Bonchev–Trinajstić information content (AvgIpc) is 3.26. The van der Waals surface area contributed by atoms with Crippen LogP contribution in [0, 0.1) is 17.8 Å². The van der Waals surface area contributed by atoms with Crippen molar-refractivity contribution in [2.75, 3.05) is 18.6 Å². The maximum absolute atomic E-state index is 13.0. The Hall–Kier alpha value is -2.10. The van der Waals surface area contributed by atoms with Crippen LogP contribution in [0.5, 0.6) is 0 Å². The Balaban J connectivity index is 1.64. The van der Waals surface area contributed by atoms with Crippen molar-refractivity contribution >= 4 is 17.6 Å². The van der Waals surface area contributed by atoms with Gasteiger partial charge in [0.25, 0.3) is 0 Å². The molecule has 1 aromatic carbocycles. The van der Waals surface area contributed by atoms with Crippen LogP contribution >= 0.6 is 0 Å². The molecule has 3 aliphatic rings. The topological polar surface area (TPSA) is 46.6 Å². The molecule has 0 N–H and O–H groups in total. The van der Waals surface area contributed by atoms with Crippen molar-refractivity contribution in [3.05, 3.63) is 42.0 Å². The summed E-state index contributed by atoms with van der Waals surface area (Å²) in [6.07, 6.45) is 6.48. The maximum Gasteiger partial charge on any atom is 0.315 e. The van der Waals surface area contributed by atoms with E-state index in [0.29, 0.717) is 18.4 Å². The molecule has 1 aliphatic heterocycles. The minimum absolute atomic E-state index is 0.0689. The molecule has 2 aliphatic carbocycles. The van der Waals surface area contributed by atoms with Gasteiger partial charge >= 0.3 is 5.97 Å². The SMILES string of the molecule is COC(=O)[C@H]1CN(C(=O)[C@H]2C[C@H]3C=C[C@H]2C3)c2ccccc21. The molecule has 1 fully saturated rings. The summed E-state index contributed by atoms with van der Waals surface area (Å²) in [7, 11) is 1.40. The molecule has 1 amide bonds. The van der Waals surface area contributed by atoms with E-state index in [1.807, 2.05) is 24.3 Å². The third kappa shape index (κ3) is 1.90. The molecule has 4 heteroatoms. The maximum atomic E-state index is 13.0. The first kappa shape index (κ1) is 13.6. The van der Waals surface area contributed by atoms with Crippen LogP contribution < -0.4 is 4.90 Å². The summed E-state index contributed by atoms with van der Waals surface area (Å²) in [5.41, 5.74) is 1.77. The van der Waals surface area contributed by atoms with Crippen molar-refractivity contribution in [3.8, 4) is 0 Å². The molecule has 0 saturated heterocycles. The number of fused-ring (bicyclic) bond motifs is 3. The number of hydrogen-bond acceptors (Lipinski definition) is 3. The van der Waals surface area contributed by atoms with Gasteiger partial charge in [0.05, 0.1) is 7.11 Å². The van der Waals surface area contributed by atoms with E-state index in [-0.39, 0.29) is 23.7 Å². The van der Waals surface area contributed by atoms with Crippen LogP contribution in [-0.2, 0) is 14.3 Å². The number of anilines is 1. The molecule has 0 radical (unpaired) electrons. The summed E-state index contributed by atoms with van der Waals surface area (Å²) in [6, 6.07) is 7.67. The number of hydrogen-bond donors (Lipinski definition) is 0. The van der Waals surface area contributed by atoms with Crippen molar-refractivity contribution < 1.29 is 14.3 Å². The monoisotopic (exact) mass is 297 g/mol. The van der Waals surface area contributed by atoms with Crippen LogP contribution in [0.4, 0.5) is 5.69 Å². The molecular formula is C18H19NO3. The molecule has 2 bridgehead atoms. The summed E-state index contributed by atoms with van der Waals surface area (Å²) in [6.45, 7) is 0.405. The van der Waals surface area contributed by atoms with E-state index in [1.165, 1.54) is 7.11 Å². The Morgan fingerprint density at radius 3 is 2.68 bits per heavy atom. The summed E-state index contributed by atoms with van der Waals surface area (Å²) in [4.78, 5) is 26.8. The number of carbonyl (C=O) groups is 2. The van der Waals surface area contributed by atoms with Gasteiger partial charge in [-0.1, -0.05) is 30.4 Å². The lowest BCUT2D eigenvalue weighted by molar-refractivity contribution is -0.142. The standard InChI is InChI=1S/C18H19NO3/c1-22-18(21)15-10-19(16-5-3-2-4-13(15)16)17(20)14-9-11-6-7-12(14)8-11/h2-7,11-12,14-15H,8-10H2,1H3/t11-,12-,14-,15-/m0/s1. The zero-order valence-electron chi connectivity index (χ0n) is 12.6. The zero-order valence-corrected chi connectivity index (χ0v) is 12.6. The fourth-order valence-electron chi connectivity index (χ4n) is 4.22. The van der Waals surface area contributed by atoms with Crippen LogP contribution in [0.3, 0.4) is 0 Å². The number of nitrogens with zero attached hydrogens (tertiary/aromatic N) is 1. The normalized spacial score (nSPS) is 31.4. The number of allylic oxidation sites excluding steroid dienone is 2. The van der Waals surface area contributed by atoms with Crippen LogP contribution in [0.1, 0.15) is 24.3 Å². The molecule has 1 saturated carbocycles. The van der Waals surface area contributed by atoms with Crippen LogP contribution in [-0.4, -0.2) is 25.5 Å². The molecule has 1 aromatic rings. The van der Waals surface area contributed by atoms with E-state index >= 15 is 0 Å². The highest BCUT2D eigenvalue weighted by atomic mass is 16.5. The highest BCUT2D eigenvalue weighted by Gasteiger charge is 2.45. The first-order valence-corrected chi connectivity index (χ1v) is 7.85. The van der Waals surface area contributed by atoms with Gasteiger partial charge in [0.2, 0.25) is 5.91 Å².